The van der Waals surface area contributed by atoms with Gasteiger partial charge in [-0.1, -0.05) is 96.1 Å². The lowest BCUT2D eigenvalue weighted by Crippen LogP contribution is -2.14. The normalized spacial score (nSPS) is 11.8. The average molecular weight is 462 g/mol. The van der Waals surface area contributed by atoms with Gasteiger partial charge in [-0.3, -0.25) is 4.79 Å². The SMILES string of the molecule is CC(C)(C)c1ccc(N(c2ccc(C(=O)c3ccccc3)cc2)c2ccc(C(C)(C)C)cc2)cc1. The summed E-state index contributed by atoms with van der Waals surface area (Å²) in [4.78, 5) is 15.2. The second-order valence-corrected chi connectivity index (χ2v) is 11.2. The molecule has 0 fully saturated rings. The van der Waals surface area contributed by atoms with Crippen molar-refractivity contribution in [1.29, 1.82) is 0 Å². The number of ketones is 1. The Bertz CT molecular complexity index is 1210. The molecule has 0 N–H and O–H groups in total. The van der Waals surface area contributed by atoms with Crippen molar-refractivity contribution < 1.29 is 4.79 Å². The summed E-state index contributed by atoms with van der Waals surface area (Å²) in [7, 11) is 0. The first-order valence-corrected chi connectivity index (χ1v) is 12.2. The third-order valence-electron chi connectivity index (χ3n) is 6.41. The topological polar surface area (TPSA) is 20.3 Å². The number of rotatable bonds is 5. The molecule has 0 saturated carbocycles. The molecule has 0 spiro atoms. The molecule has 0 unspecified atom stereocenters. The molecule has 2 nitrogen and oxygen atoms in total. The van der Waals surface area contributed by atoms with Crippen LogP contribution in [0, 0.1) is 0 Å². The number of nitrogens with zero attached hydrogens (tertiary/aromatic N) is 1. The first kappa shape index (κ1) is 24.5. The van der Waals surface area contributed by atoms with Gasteiger partial charge in [0.1, 0.15) is 0 Å². The highest BCUT2D eigenvalue weighted by Gasteiger charge is 2.19. The molecule has 0 aliphatic heterocycles. The molecule has 0 saturated heterocycles. The van der Waals surface area contributed by atoms with Crippen molar-refractivity contribution >= 4 is 22.8 Å². The van der Waals surface area contributed by atoms with E-state index in [4.69, 9.17) is 0 Å². The Morgan fingerprint density at radius 2 is 0.829 bits per heavy atom. The fourth-order valence-electron chi connectivity index (χ4n) is 4.19. The second kappa shape index (κ2) is 9.54. The predicted molar refractivity (Wildman–Crippen MR) is 148 cm³/mol. The minimum Gasteiger partial charge on any atom is -0.311 e. The Hall–Kier alpha value is -3.65. The molecule has 4 aromatic rings. The van der Waals surface area contributed by atoms with E-state index in [-0.39, 0.29) is 16.6 Å². The molecule has 35 heavy (non-hydrogen) atoms. The van der Waals surface area contributed by atoms with Crippen LogP contribution in [0.2, 0.25) is 0 Å². The average Bonchev–Trinajstić information content (AvgIpc) is 2.84. The highest BCUT2D eigenvalue weighted by Crippen LogP contribution is 2.37. The predicted octanol–water partition coefficient (Wildman–Crippen LogP) is 8.98. The molecule has 0 radical (unpaired) electrons. The third kappa shape index (κ3) is 5.54. The highest BCUT2D eigenvalue weighted by atomic mass is 16.1. The number of carbonyl (C=O) groups is 1. The van der Waals surface area contributed by atoms with Gasteiger partial charge >= 0.3 is 0 Å². The van der Waals surface area contributed by atoms with Gasteiger partial charge in [0.15, 0.2) is 5.78 Å². The lowest BCUT2D eigenvalue weighted by Gasteiger charge is -2.28. The first-order chi connectivity index (χ1) is 16.5. The van der Waals surface area contributed by atoms with Crippen molar-refractivity contribution in [3.63, 3.8) is 0 Å². The highest BCUT2D eigenvalue weighted by molar-refractivity contribution is 6.09. The van der Waals surface area contributed by atoms with Crippen LogP contribution in [0.1, 0.15) is 68.6 Å². The largest absolute Gasteiger partial charge is 0.311 e. The van der Waals surface area contributed by atoms with E-state index in [0.717, 1.165) is 17.1 Å². The third-order valence-corrected chi connectivity index (χ3v) is 6.41. The van der Waals surface area contributed by atoms with Gasteiger partial charge in [0.05, 0.1) is 0 Å². The van der Waals surface area contributed by atoms with Crippen LogP contribution in [-0.2, 0) is 10.8 Å². The minimum atomic E-state index is 0.0350. The molecule has 0 amide bonds. The fourth-order valence-corrected chi connectivity index (χ4v) is 4.19. The molecule has 0 aliphatic carbocycles. The maximum absolute atomic E-state index is 12.9. The van der Waals surface area contributed by atoms with E-state index in [2.05, 4.69) is 95.0 Å². The zero-order chi connectivity index (χ0) is 25.2. The second-order valence-electron chi connectivity index (χ2n) is 11.2. The zero-order valence-electron chi connectivity index (χ0n) is 21.7. The maximum Gasteiger partial charge on any atom is 0.193 e. The summed E-state index contributed by atoms with van der Waals surface area (Å²) in [6, 6.07) is 34.9. The lowest BCUT2D eigenvalue weighted by molar-refractivity contribution is 0.103. The van der Waals surface area contributed by atoms with Crippen molar-refractivity contribution in [2.24, 2.45) is 0 Å². The molecule has 0 atom stereocenters. The fraction of sp³-hybridized carbons (Fsp3) is 0.242. The molecule has 0 heterocycles. The minimum absolute atomic E-state index is 0.0350. The van der Waals surface area contributed by atoms with Gasteiger partial charge in [0, 0.05) is 28.2 Å². The molecule has 0 bridgehead atoms. The van der Waals surface area contributed by atoms with E-state index in [1.54, 1.807) is 0 Å². The number of benzene rings is 4. The smallest absolute Gasteiger partial charge is 0.193 e. The van der Waals surface area contributed by atoms with Gasteiger partial charge in [-0.2, -0.15) is 0 Å². The molecule has 0 aliphatic rings. The molecular weight excluding hydrogens is 426 g/mol. The van der Waals surface area contributed by atoms with Crippen LogP contribution in [0.3, 0.4) is 0 Å². The van der Waals surface area contributed by atoms with Crippen LogP contribution in [0.5, 0.6) is 0 Å². The standard InChI is InChI=1S/C33H35NO/c1-32(2,3)26-14-20-29(21-15-26)34(30-22-16-27(17-23-30)33(4,5)6)28-18-12-25(13-19-28)31(35)24-10-8-7-9-11-24/h7-23H,1-6H3. The number of carbonyl (C=O) groups excluding carboxylic acids is 1. The van der Waals surface area contributed by atoms with E-state index in [1.165, 1.54) is 11.1 Å². The molecular formula is C33H35NO. The monoisotopic (exact) mass is 461 g/mol. The number of anilines is 3. The maximum atomic E-state index is 12.9. The Balaban J connectivity index is 1.73. The van der Waals surface area contributed by atoms with Gasteiger partial charge in [-0.15, -0.1) is 0 Å². The molecule has 4 aromatic carbocycles. The van der Waals surface area contributed by atoms with Gasteiger partial charge in [0.25, 0.3) is 0 Å². The summed E-state index contributed by atoms with van der Waals surface area (Å²) in [5, 5.41) is 0. The number of hydrogen-bond donors (Lipinski definition) is 0. The lowest BCUT2D eigenvalue weighted by atomic mass is 9.86. The molecule has 0 aromatic heterocycles. The van der Waals surface area contributed by atoms with Gasteiger partial charge in [-0.25, -0.2) is 0 Å². The van der Waals surface area contributed by atoms with Crippen LogP contribution in [-0.4, -0.2) is 5.78 Å². The summed E-state index contributed by atoms with van der Waals surface area (Å²) in [5.41, 5.74) is 7.36. The number of hydrogen-bond acceptors (Lipinski definition) is 2. The van der Waals surface area contributed by atoms with Gasteiger partial charge in [0.2, 0.25) is 0 Å². The quantitative estimate of drug-likeness (QED) is 0.276. The Morgan fingerprint density at radius 1 is 0.486 bits per heavy atom. The summed E-state index contributed by atoms with van der Waals surface area (Å²) >= 11 is 0. The van der Waals surface area contributed by atoms with Crippen LogP contribution in [0.25, 0.3) is 0 Å². The van der Waals surface area contributed by atoms with Crippen LogP contribution in [0.4, 0.5) is 17.1 Å². The van der Waals surface area contributed by atoms with Gasteiger partial charge < -0.3 is 4.90 Å². The first-order valence-electron chi connectivity index (χ1n) is 12.2. The van der Waals surface area contributed by atoms with Crippen molar-refractivity contribution in [3.05, 3.63) is 125 Å². The molecule has 4 rings (SSSR count). The van der Waals surface area contributed by atoms with Gasteiger partial charge in [-0.05, 0) is 70.5 Å². The van der Waals surface area contributed by atoms with E-state index < -0.39 is 0 Å². The van der Waals surface area contributed by atoms with E-state index in [0.29, 0.717) is 11.1 Å². The summed E-state index contributed by atoms with van der Waals surface area (Å²) in [6.07, 6.45) is 0. The van der Waals surface area contributed by atoms with E-state index in [9.17, 15) is 4.79 Å². The van der Waals surface area contributed by atoms with Crippen molar-refractivity contribution in [1.82, 2.24) is 0 Å². The van der Waals surface area contributed by atoms with Crippen LogP contribution in [0.15, 0.2) is 103 Å². The van der Waals surface area contributed by atoms with E-state index >= 15 is 0 Å². The zero-order valence-corrected chi connectivity index (χ0v) is 21.7. The van der Waals surface area contributed by atoms with Crippen molar-refractivity contribution in [2.45, 2.75) is 52.4 Å². The Kier molecular flexibility index (Phi) is 6.67. The van der Waals surface area contributed by atoms with E-state index in [1.807, 2.05) is 54.6 Å². The Morgan fingerprint density at radius 3 is 1.20 bits per heavy atom. The summed E-state index contributed by atoms with van der Waals surface area (Å²) in [5.74, 6) is 0.0350. The van der Waals surface area contributed by atoms with Crippen molar-refractivity contribution in [2.75, 3.05) is 4.90 Å². The summed E-state index contributed by atoms with van der Waals surface area (Å²) < 4.78 is 0. The summed E-state index contributed by atoms with van der Waals surface area (Å²) in [6.45, 7) is 13.4. The van der Waals surface area contributed by atoms with Crippen LogP contribution >= 0.6 is 0 Å². The Labute approximate surface area is 210 Å². The molecule has 2 heteroatoms. The van der Waals surface area contributed by atoms with Crippen LogP contribution < -0.4 is 4.90 Å². The van der Waals surface area contributed by atoms with Crippen molar-refractivity contribution in [3.8, 4) is 0 Å². The molecule has 178 valence electrons.